The molecule has 0 spiro atoms. The molecule has 2 rings (SSSR count). The van der Waals surface area contributed by atoms with Gasteiger partial charge >= 0.3 is 0 Å². The summed E-state index contributed by atoms with van der Waals surface area (Å²) < 4.78 is 0. The second-order valence-corrected chi connectivity index (χ2v) is 5.02. The Kier molecular flexibility index (Phi) is 3.28. The zero-order valence-corrected chi connectivity index (χ0v) is 11.1. The Morgan fingerprint density at radius 3 is 2.75 bits per heavy atom. The van der Waals surface area contributed by atoms with Gasteiger partial charge in [0, 0.05) is 5.56 Å². The average Bonchev–Trinajstić information content (AvgIpc) is 2.42. The lowest BCUT2D eigenvalue weighted by Gasteiger charge is -2.40. The minimum Gasteiger partial charge on any atom is -0.315 e. The summed E-state index contributed by atoms with van der Waals surface area (Å²) in [6.45, 7) is 2.95. The van der Waals surface area contributed by atoms with Gasteiger partial charge in [0.1, 0.15) is 12.1 Å². The van der Waals surface area contributed by atoms with E-state index in [1.54, 1.807) is 32.0 Å². The van der Waals surface area contributed by atoms with Gasteiger partial charge in [-0.3, -0.25) is 19.7 Å². The topological polar surface area (TPSA) is 90.3 Å². The molecule has 1 saturated heterocycles. The predicted octanol–water partition coefficient (Wildman–Crippen LogP) is 0.435. The first kappa shape index (κ1) is 13.7. The number of benzene rings is 1. The number of rotatable bonds is 1. The molecule has 0 aromatic heterocycles. The van der Waals surface area contributed by atoms with E-state index in [1.807, 2.05) is 6.07 Å². The highest BCUT2D eigenvalue weighted by Gasteiger charge is 2.43. The average molecular weight is 271 g/mol. The number of carbonyl (C=O) groups excluding carboxylic acids is 3. The number of imide groups is 1. The van der Waals surface area contributed by atoms with Gasteiger partial charge in [0.2, 0.25) is 5.91 Å². The summed E-state index contributed by atoms with van der Waals surface area (Å²) in [6, 6.07) is 8.11. The Balaban J connectivity index is 2.38. The van der Waals surface area contributed by atoms with Crippen LogP contribution in [0.1, 0.15) is 29.8 Å². The van der Waals surface area contributed by atoms with Crippen LogP contribution in [0.15, 0.2) is 24.3 Å². The van der Waals surface area contributed by atoms with Crippen LogP contribution in [0.5, 0.6) is 0 Å². The lowest BCUT2D eigenvalue weighted by Crippen LogP contribution is -2.65. The Bertz CT molecular complexity index is 643. The molecule has 1 fully saturated rings. The maximum Gasteiger partial charge on any atom is 0.255 e. The number of hydrogen-bond acceptors (Lipinski definition) is 4. The molecule has 0 unspecified atom stereocenters. The van der Waals surface area contributed by atoms with Crippen molar-refractivity contribution in [2.75, 3.05) is 6.54 Å². The zero-order valence-electron chi connectivity index (χ0n) is 11.1. The van der Waals surface area contributed by atoms with Crippen LogP contribution in [-0.2, 0) is 9.59 Å². The van der Waals surface area contributed by atoms with Gasteiger partial charge in [0.25, 0.3) is 11.8 Å². The van der Waals surface area contributed by atoms with Gasteiger partial charge in [0.15, 0.2) is 0 Å². The zero-order chi connectivity index (χ0) is 14.9. The third kappa shape index (κ3) is 2.26. The molecule has 1 aromatic carbocycles. The van der Waals surface area contributed by atoms with Crippen LogP contribution in [0.2, 0.25) is 0 Å². The minimum atomic E-state index is -1.12. The summed E-state index contributed by atoms with van der Waals surface area (Å²) in [5.74, 6) is -1.48. The van der Waals surface area contributed by atoms with Crippen LogP contribution in [0, 0.1) is 11.3 Å². The van der Waals surface area contributed by atoms with Gasteiger partial charge in [-0.1, -0.05) is 6.07 Å². The summed E-state index contributed by atoms with van der Waals surface area (Å²) in [7, 11) is 0. The Morgan fingerprint density at radius 2 is 2.10 bits per heavy atom. The normalized spacial score (nSPS) is 17.4. The molecule has 0 aliphatic carbocycles. The van der Waals surface area contributed by atoms with Crippen LogP contribution in [0.25, 0.3) is 0 Å². The smallest absolute Gasteiger partial charge is 0.255 e. The van der Waals surface area contributed by atoms with Crippen molar-refractivity contribution in [3.63, 3.8) is 0 Å². The van der Waals surface area contributed by atoms with E-state index in [4.69, 9.17) is 5.26 Å². The van der Waals surface area contributed by atoms with Crippen LogP contribution in [-0.4, -0.2) is 34.7 Å². The number of piperazine rings is 1. The first-order chi connectivity index (χ1) is 9.36. The monoisotopic (exact) mass is 271 g/mol. The van der Waals surface area contributed by atoms with Crippen molar-refractivity contribution >= 4 is 17.7 Å². The molecule has 0 atom stereocenters. The molecule has 6 nitrogen and oxygen atoms in total. The van der Waals surface area contributed by atoms with E-state index >= 15 is 0 Å². The van der Waals surface area contributed by atoms with Crippen LogP contribution >= 0.6 is 0 Å². The summed E-state index contributed by atoms with van der Waals surface area (Å²) in [5, 5.41) is 11.1. The summed E-state index contributed by atoms with van der Waals surface area (Å²) >= 11 is 0. The van der Waals surface area contributed by atoms with E-state index in [0.29, 0.717) is 5.56 Å². The van der Waals surface area contributed by atoms with Crippen molar-refractivity contribution in [2.45, 2.75) is 19.4 Å². The van der Waals surface area contributed by atoms with E-state index in [9.17, 15) is 14.4 Å². The molecule has 20 heavy (non-hydrogen) atoms. The van der Waals surface area contributed by atoms with Crippen molar-refractivity contribution in [1.29, 1.82) is 5.26 Å². The van der Waals surface area contributed by atoms with Crippen LogP contribution in [0.4, 0.5) is 0 Å². The molecule has 0 bridgehead atoms. The highest BCUT2D eigenvalue weighted by Crippen LogP contribution is 2.21. The van der Waals surface area contributed by atoms with Gasteiger partial charge in [-0.15, -0.1) is 0 Å². The minimum absolute atomic E-state index is 0.186. The highest BCUT2D eigenvalue weighted by molar-refractivity contribution is 6.08. The fraction of sp³-hybridized carbons (Fsp3) is 0.286. The van der Waals surface area contributed by atoms with E-state index in [1.165, 1.54) is 11.0 Å². The first-order valence-corrected chi connectivity index (χ1v) is 6.02. The van der Waals surface area contributed by atoms with Crippen molar-refractivity contribution in [2.24, 2.45) is 0 Å². The molecular formula is C14H13N3O3. The number of nitriles is 1. The number of hydrogen-bond donors (Lipinski definition) is 1. The Hall–Kier alpha value is -2.68. The first-order valence-electron chi connectivity index (χ1n) is 6.02. The maximum absolute atomic E-state index is 12.5. The highest BCUT2D eigenvalue weighted by atomic mass is 16.2. The lowest BCUT2D eigenvalue weighted by atomic mass is 9.97. The number of nitrogens with zero attached hydrogens (tertiary/aromatic N) is 2. The van der Waals surface area contributed by atoms with Gasteiger partial charge in [-0.2, -0.15) is 5.26 Å². The summed E-state index contributed by atoms with van der Waals surface area (Å²) in [5.41, 5.74) is -0.491. The van der Waals surface area contributed by atoms with Crippen LogP contribution in [0.3, 0.4) is 0 Å². The standard InChI is InChI=1S/C14H13N3O3/c1-14(2)13(20)16-11(18)8-17(14)12(19)10-5-3-4-9(6-10)7-15/h3-6H,8H2,1-2H3,(H,16,18,20). The molecule has 0 saturated carbocycles. The molecular weight excluding hydrogens is 258 g/mol. The molecule has 1 aliphatic rings. The largest absolute Gasteiger partial charge is 0.315 e. The quantitative estimate of drug-likeness (QED) is 0.750. The second kappa shape index (κ2) is 4.78. The van der Waals surface area contributed by atoms with E-state index in [0.717, 1.165) is 0 Å². The third-order valence-electron chi connectivity index (χ3n) is 3.27. The molecule has 6 heteroatoms. The van der Waals surface area contributed by atoms with Gasteiger partial charge < -0.3 is 4.90 Å². The predicted molar refractivity (Wildman–Crippen MR) is 69.4 cm³/mol. The summed E-state index contributed by atoms with van der Waals surface area (Å²) in [6.07, 6.45) is 0. The molecule has 102 valence electrons. The molecule has 0 radical (unpaired) electrons. The van der Waals surface area contributed by atoms with Crippen molar-refractivity contribution in [1.82, 2.24) is 10.2 Å². The molecule has 1 heterocycles. The van der Waals surface area contributed by atoms with Gasteiger partial charge in [-0.05, 0) is 32.0 Å². The fourth-order valence-electron chi connectivity index (χ4n) is 1.99. The van der Waals surface area contributed by atoms with Gasteiger partial charge in [0.05, 0.1) is 11.6 Å². The van der Waals surface area contributed by atoms with Crippen molar-refractivity contribution < 1.29 is 14.4 Å². The van der Waals surface area contributed by atoms with Crippen molar-refractivity contribution in [3.8, 4) is 6.07 Å². The molecule has 1 N–H and O–H groups in total. The Morgan fingerprint density at radius 1 is 1.40 bits per heavy atom. The molecule has 1 aromatic rings. The lowest BCUT2D eigenvalue weighted by molar-refractivity contribution is -0.143. The van der Waals surface area contributed by atoms with E-state index in [-0.39, 0.29) is 12.1 Å². The van der Waals surface area contributed by atoms with E-state index in [2.05, 4.69) is 5.32 Å². The van der Waals surface area contributed by atoms with E-state index < -0.39 is 23.3 Å². The summed E-state index contributed by atoms with van der Waals surface area (Å²) in [4.78, 5) is 36.9. The van der Waals surface area contributed by atoms with Crippen molar-refractivity contribution in [3.05, 3.63) is 35.4 Å². The molecule has 3 amide bonds. The SMILES string of the molecule is CC1(C)C(=O)NC(=O)CN1C(=O)c1cccc(C#N)c1. The maximum atomic E-state index is 12.5. The number of carbonyl (C=O) groups is 3. The Labute approximate surface area is 116 Å². The van der Waals surface area contributed by atoms with Crippen LogP contribution < -0.4 is 5.32 Å². The molecule has 1 aliphatic heterocycles. The van der Waals surface area contributed by atoms with Gasteiger partial charge in [-0.25, -0.2) is 0 Å². The number of amides is 3. The number of nitrogens with one attached hydrogen (secondary N) is 1. The fourth-order valence-corrected chi connectivity index (χ4v) is 1.99. The third-order valence-corrected chi connectivity index (χ3v) is 3.27. The second-order valence-electron chi connectivity index (χ2n) is 5.02.